The standard InChI is InChI=1S/C20H25N3/c1-2-7-17(8-3-1)15-23-19(16-22-11-4-5-12-22)13-20(23)18-9-6-10-21-14-18/h1-3,6-10,14,19-20H,4-5,11-13,15-16H2/t19-,20+/m0/s1. The van der Waals surface area contributed by atoms with Crippen LogP contribution in [-0.2, 0) is 6.54 Å². The fraction of sp³-hybridized carbons (Fsp3) is 0.450. The van der Waals surface area contributed by atoms with E-state index in [4.69, 9.17) is 0 Å². The van der Waals surface area contributed by atoms with E-state index in [2.05, 4.69) is 57.2 Å². The first-order valence-corrected chi connectivity index (χ1v) is 8.82. The Bertz CT molecular complexity index is 607. The Balaban J connectivity index is 1.49. The molecule has 2 aliphatic rings. The van der Waals surface area contributed by atoms with Gasteiger partial charge in [-0.3, -0.25) is 9.88 Å². The lowest BCUT2D eigenvalue weighted by Crippen LogP contribution is -2.54. The number of pyridine rings is 1. The molecule has 2 atom stereocenters. The Hall–Kier alpha value is -1.71. The number of hydrogen-bond acceptors (Lipinski definition) is 3. The van der Waals surface area contributed by atoms with Crippen LogP contribution in [0.2, 0.25) is 0 Å². The van der Waals surface area contributed by atoms with E-state index < -0.39 is 0 Å². The van der Waals surface area contributed by atoms with Gasteiger partial charge in [-0.1, -0.05) is 36.4 Å². The van der Waals surface area contributed by atoms with Crippen molar-refractivity contribution in [2.24, 2.45) is 0 Å². The summed E-state index contributed by atoms with van der Waals surface area (Å²) in [6.07, 6.45) is 7.91. The number of nitrogens with zero attached hydrogens (tertiary/aromatic N) is 3. The van der Waals surface area contributed by atoms with Crippen LogP contribution in [-0.4, -0.2) is 40.5 Å². The number of likely N-dealkylation sites (tertiary alicyclic amines) is 2. The van der Waals surface area contributed by atoms with Crippen LogP contribution in [0.15, 0.2) is 54.9 Å². The molecule has 4 rings (SSSR count). The van der Waals surface area contributed by atoms with E-state index in [0.717, 1.165) is 6.54 Å². The van der Waals surface area contributed by atoms with Gasteiger partial charge >= 0.3 is 0 Å². The van der Waals surface area contributed by atoms with Crippen LogP contribution in [0.1, 0.15) is 36.4 Å². The zero-order chi connectivity index (χ0) is 15.5. The zero-order valence-electron chi connectivity index (χ0n) is 13.6. The maximum Gasteiger partial charge on any atom is 0.0385 e. The van der Waals surface area contributed by atoms with Crippen LogP contribution in [0.25, 0.3) is 0 Å². The van der Waals surface area contributed by atoms with Crippen molar-refractivity contribution in [2.75, 3.05) is 19.6 Å². The predicted molar refractivity (Wildman–Crippen MR) is 93.0 cm³/mol. The fourth-order valence-corrected chi connectivity index (χ4v) is 4.02. The highest BCUT2D eigenvalue weighted by Crippen LogP contribution is 2.40. The summed E-state index contributed by atoms with van der Waals surface area (Å²) < 4.78 is 0. The van der Waals surface area contributed by atoms with Crippen molar-refractivity contribution >= 4 is 0 Å². The molecule has 23 heavy (non-hydrogen) atoms. The summed E-state index contributed by atoms with van der Waals surface area (Å²) in [5.41, 5.74) is 2.77. The lowest BCUT2D eigenvalue weighted by Gasteiger charge is -2.50. The topological polar surface area (TPSA) is 19.4 Å². The summed E-state index contributed by atoms with van der Waals surface area (Å²) in [4.78, 5) is 9.63. The number of rotatable bonds is 5. The molecule has 2 aliphatic heterocycles. The Morgan fingerprint density at radius 3 is 2.57 bits per heavy atom. The molecule has 0 bridgehead atoms. The molecule has 3 nitrogen and oxygen atoms in total. The van der Waals surface area contributed by atoms with Gasteiger partial charge in [-0.15, -0.1) is 0 Å². The van der Waals surface area contributed by atoms with E-state index in [-0.39, 0.29) is 0 Å². The van der Waals surface area contributed by atoms with Gasteiger partial charge in [0.2, 0.25) is 0 Å². The summed E-state index contributed by atoms with van der Waals surface area (Å²) in [7, 11) is 0. The molecular formula is C20H25N3. The largest absolute Gasteiger partial charge is 0.302 e. The average Bonchev–Trinajstić information content (AvgIpc) is 3.11. The lowest BCUT2D eigenvalue weighted by molar-refractivity contribution is -0.0117. The molecule has 2 saturated heterocycles. The summed E-state index contributed by atoms with van der Waals surface area (Å²) in [6.45, 7) is 4.84. The first kappa shape index (κ1) is 14.9. The highest BCUT2D eigenvalue weighted by molar-refractivity contribution is 5.21. The third-order valence-electron chi connectivity index (χ3n) is 5.31. The second-order valence-electron chi connectivity index (χ2n) is 6.86. The average molecular weight is 307 g/mol. The molecule has 0 aliphatic carbocycles. The van der Waals surface area contributed by atoms with E-state index in [0.29, 0.717) is 12.1 Å². The Labute approximate surface area is 139 Å². The van der Waals surface area contributed by atoms with Gasteiger partial charge in [0.1, 0.15) is 0 Å². The van der Waals surface area contributed by atoms with Crippen molar-refractivity contribution < 1.29 is 0 Å². The Morgan fingerprint density at radius 1 is 1.00 bits per heavy atom. The molecule has 0 spiro atoms. The third kappa shape index (κ3) is 3.31. The molecule has 0 unspecified atom stereocenters. The molecule has 2 aromatic rings. The van der Waals surface area contributed by atoms with Gasteiger partial charge < -0.3 is 4.90 Å². The van der Waals surface area contributed by atoms with Crippen molar-refractivity contribution in [3.8, 4) is 0 Å². The molecule has 120 valence electrons. The minimum absolute atomic E-state index is 0.525. The van der Waals surface area contributed by atoms with Gasteiger partial charge in [-0.25, -0.2) is 0 Å². The highest BCUT2D eigenvalue weighted by Gasteiger charge is 2.40. The zero-order valence-corrected chi connectivity index (χ0v) is 13.6. The van der Waals surface area contributed by atoms with Gasteiger partial charge in [-0.2, -0.15) is 0 Å². The van der Waals surface area contributed by atoms with E-state index in [1.165, 1.54) is 50.0 Å². The summed E-state index contributed by atoms with van der Waals surface area (Å²) in [5, 5.41) is 0. The first-order chi connectivity index (χ1) is 11.4. The minimum atomic E-state index is 0.525. The van der Waals surface area contributed by atoms with E-state index >= 15 is 0 Å². The molecular weight excluding hydrogens is 282 g/mol. The van der Waals surface area contributed by atoms with Gasteiger partial charge in [0.05, 0.1) is 0 Å². The molecule has 0 N–H and O–H groups in total. The maximum atomic E-state index is 4.32. The smallest absolute Gasteiger partial charge is 0.0385 e. The SMILES string of the molecule is c1ccc(CN2[C@H](CN3CCCC3)C[C@@H]2c2cccnc2)cc1. The molecule has 1 aromatic heterocycles. The van der Waals surface area contributed by atoms with E-state index in [1.807, 2.05) is 12.4 Å². The van der Waals surface area contributed by atoms with Crippen molar-refractivity contribution in [3.05, 3.63) is 66.0 Å². The van der Waals surface area contributed by atoms with Gasteiger partial charge in [0.15, 0.2) is 0 Å². The summed E-state index contributed by atoms with van der Waals surface area (Å²) in [5.74, 6) is 0. The lowest BCUT2D eigenvalue weighted by atomic mass is 9.87. The molecule has 3 heteroatoms. The van der Waals surface area contributed by atoms with Crippen molar-refractivity contribution in [2.45, 2.75) is 37.9 Å². The second-order valence-corrected chi connectivity index (χ2v) is 6.86. The first-order valence-electron chi connectivity index (χ1n) is 8.82. The van der Waals surface area contributed by atoms with Crippen LogP contribution in [0.5, 0.6) is 0 Å². The van der Waals surface area contributed by atoms with Crippen LogP contribution in [0.3, 0.4) is 0 Å². The number of hydrogen-bond donors (Lipinski definition) is 0. The molecule has 0 amide bonds. The Kier molecular flexibility index (Phi) is 4.40. The number of aromatic nitrogens is 1. The van der Waals surface area contributed by atoms with Crippen LogP contribution < -0.4 is 0 Å². The van der Waals surface area contributed by atoms with Crippen molar-refractivity contribution in [3.63, 3.8) is 0 Å². The van der Waals surface area contributed by atoms with Crippen LogP contribution in [0, 0.1) is 0 Å². The van der Waals surface area contributed by atoms with Gasteiger partial charge in [-0.05, 0) is 49.5 Å². The molecule has 3 heterocycles. The second kappa shape index (κ2) is 6.81. The molecule has 2 fully saturated rings. The Morgan fingerprint density at radius 2 is 1.83 bits per heavy atom. The van der Waals surface area contributed by atoms with Crippen LogP contribution >= 0.6 is 0 Å². The molecule has 1 aromatic carbocycles. The minimum Gasteiger partial charge on any atom is -0.302 e. The maximum absolute atomic E-state index is 4.32. The van der Waals surface area contributed by atoms with E-state index in [9.17, 15) is 0 Å². The van der Waals surface area contributed by atoms with Crippen molar-refractivity contribution in [1.29, 1.82) is 0 Å². The summed E-state index contributed by atoms with van der Waals surface area (Å²) in [6, 6.07) is 16.4. The quantitative estimate of drug-likeness (QED) is 0.843. The highest BCUT2D eigenvalue weighted by atomic mass is 15.3. The van der Waals surface area contributed by atoms with Gasteiger partial charge in [0, 0.05) is 37.6 Å². The molecule has 0 radical (unpaired) electrons. The van der Waals surface area contributed by atoms with Crippen LogP contribution in [0.4, 0.5) is 0 Å². The third-order valence-corrected chi connectivity index (χ3v) is 5.31. The van der Waals surface area contributed by atoms with Gasteiger partial charge in [0.25, 0.3) is 0 Å². The fourth-order valence-electron chi connectivity index (χ4n) is 4.02. The monoisotopic (exact) mass is 307 g/mol. The predicted octanol–water partition coefficient (Wildman–Crippen LogP) is 3.49. The molecule has 0 saturated carbocycles. The summed E-state index contributed by atoms with van der Waals surface area (Å²) >= 11 is 0. The van der Waals surface area contributed by atoms with E-state index in [1.54, 1.807) is 0 Å². The number of benzene rings is 1. The normalized spacial score (nSPS) is 25.4. The van der Waals surface area contributed by atoms with Crippen molar-refractivity contribution in [1.82, 2.24) is 14.8 Å².